The van der Waals surface area contributed by atoms with Gasteiger partial charge in [-0.3, -0.25) is 9.48 Å². The van der Waals surface area contributed by atoms with Crippen LogP contribution in [-0.2, 0) is 18.3 Å². The molecule has 0 radical (unpaired) electrons. The number of hydrogen-bond donors (Lipinski definition) is 2. The van der Waals surface area contributed by atoms with Gasteiger partial charge in [0.25, 0.3) is 0 Å². The summed E-state index contributed by atoms with van der Waals surface area (Å²) in [5.41, 5.74) is 8.37. The lowest BCUT2D eigenvalue weighted by molar-refractivity contribution is -0.274. The average molecular weight is 570 g/mol. The van der Waals surface area contributed by atoms with Gasteiger partial charge >= 0.3 is 6.36 Å². The molecule has 4 aromatic rings. The molecule has 1 aliphatic heterocycles. The molecule has 1 aliphatic carbocycles. The molecule has 2 aromatic carbocycles. The molecule has 9 nitrogen and oxygen atoms in total. The number of primary amides is 1. The number of alkyl halides is 3. The van der Waals surface area contributed by atoms with Crippen LogP contribution in [0.25, 0.3) is 33.5 Å². The van der Waals surface area contributed by atoms with E-state index < -0.39 is 24.1 Å². The van der Waals surface area contributed by atoms with Crippen molar-refractivity contribution in [1.29, 1.82) is 0 Å². The molecule has 3 N–H and O–H groups in total. The summed E-state index contributed by atoms with van der Waals surface area (Å²) in [6, 6.07) is 9.40. The van der Waals surface area contributed by atoms with E-state index in [1.807, 2.05) is 24.4 Å². The minimum Gasteiger partial charge on any atom is -0.405 e. The van der Waals surface area contributed by atoms with Crippen molar-refractivity contribution in [2.24, 2.45) is 18.7 Å². The summed E-state index contributed by atoms with van der Waals surface area (Å²) in [6.45, 7) is 1.62. The Morgan fingerprint density at radius 2 is 1.93 bits per heavy atom. The largest absolute Gasteiger partial charge is 0.573 e. The van der Waals surface area contributed by atoms with Crippen LogP contribution >= 0.6 is 0 Å². The van der Waals surface area contributed by atoms with Gasteiger partial charge in [0, 0.05) is 54.6 Å². The van der Waals surface area contributed by atoms with Gasteiger partial charge in [0.1, 0.15) is 11.6 Å². The smallest absolute Gasteiger partial charge is 0.405 e. The number of aliphatic hydroxyl groups is 1. The highest BCUT2D eigenvalue weighted by Gasteiger charge is 2.36. The first-order chi connectivity index (χ1) is 19.6. The lowest BCUT2D eigenvalue weighted by Gasteiger charge is -2.26. The van der Waals surface area contributed by atoms with Gasteiger partial charge in [0.15, 0.2) is 0 Å². The Morgan fingerprint density at radius 1 is 1.17 bits per heavy atom. The summed E-state index contributed by atoms with van der Waals surface area (Å²) in [5.74, 6) is -0.799. The van der Waals surface area contributed by atoms with Crippen LogP contribution in [0.3, 0.4) is 0 Å². The number of benzene rings is 2. The first-order valence-corrected chi connectivity index (χ1v) is 13.6. The number of ether oxygens (including phenoxy) is 2. The number of nitrogens with two attached hydrogens (primary N) is 1. The Bertz CT molecular complexity index is 1600. The SMILES string of the molecule is Cn1c(-c2ccc(C(N)=O)cc2OC(F)(F)F)nc(-c2cccc3nn(CC(O)C4CCOCC4)cc23)c1C1CC1. The van der Waals surface area contributed by atoms with Gasteiger partial charge in [0.05, 0.1) is 29.4 Å². The number of hydrogen-bond acceptors (Lipinski definition) is 6. The van der Waals surface area contributed by atoms with Crippen LogP contribution in [0.5, 0.6) is 5.75 Å². The first kappa shape index (κ1) is 27.3. The Hall–Kier alpha value is -3.90. The van der Waals surface area contributed by atoms with Crippen LogP contribution in [0, 0.1) is 5.92 Å². The number of carbonyl (C=O) groups excluding carboxylic acids is 1. The fourth-order valence-corrected chi connectivity index (χ4v) is 5.68. The molecule has 1 unspecified atom stereocenters. The Morgan fingerprint density at radius 3 is 2.61 bits per heavy atom. The zero-order valence-corrected chi connectivity index (χ0v) is 22.4. The van der Waals surface area contributed by atoms with Gasteiger partial charge in [-0.05, 0) is 55.9 Å². The predicted molar refractivity (Wildman–Crippen MR) is 144 cm³/mol. The summed E-state index contributed by atoms with van der Waals surface area (Å²) < 4.78 is 53.3. The summed E-state index contributed by atoms with van der Waals surface area (Å²) in [4.78, 5) is 16.6. The lowest BCUT2D eigenvalue weighted by Crippen LogP contribution is -2.30. The van der Waals surface area contributed by atoms with Crippen molar-refractivity contribution >= 4 is 16.8 Å². The van der Waals surface area contributed by atoms with Crippen molar-refractivity contribution in [3.05, 3.63) is 53.9 Å². The zero-order chi connectivity index (χ0) is 28.9. The van der Waals surface area contributed by atoms with E-state index in [2.05, 4.69) is 4.74 Å². The number of aliphatic hydroxyl groups excluding tert-OH is 1. The van der Waals surface area contributed by atoms with Gasteiger partial charge in [-0.2, -0.15) is 5.10 Å². The number of imidazole rings is 1. The van der Waals surface area contributed by atoms with E-state index in [1.54, 1.807) is 16.3 Å². The summed E-state index contributed by atoms with van der Waals surface area (Å²) in [5, 5.41) is 16.4. The highest BCUT2D eigenvalue weighted by Crippen LogP contribution is 2.47. The molecule has 2 aliphatic rings. The number of nitrogens with zero attached hydrogens (tertiary/aromatic N) is 4. The second kappa shape index (κ2) is 10.5. The van der Waals surface area contributed by atoms with Crippen molar-refractivity contribution in [2.45, 2.75) is 50.6 Å². The average Bonchev–Trinajstić information content (AvgIpc) is 3.59. The van der Waals surface area contributed by atoms with Crippen molar-refractivity contribution in [1.82, 2.24) is 19.3 Å². The molecule has 41 heavy (non-hydrogen) atoms. The maximum Gasteiger partial charge on any atom is 0.573 e. The topological polar surface area (TPSA) is 117 Å². The van der Waals surface area contributed by atoms with Crippen LogP contribution in [0.2, 0.25) is 0 Å². The minimum atomic E-state index is -4.98. The number of amides is 1. The van der Waals surface area contributed by atoms with Gasteiger partial charge in [-0.1, -0.05) is 12.1 Å². The van der Waals surface area contributed by atoms with E-state index in [4.69, 9.17) is 20.6 Å². The first-order valence-electron chi connectivity index (χ1n) is 13.6. The highest BCUT2D eigenvalue weighted by atomic mass is 19.4. The molecule has 1 amide bonds. The van der Waals surface area contributed by atoms with Crippen LogP contribution in [0.1, 0.15) is 47.7 Å². The fraction of sp³-hybridized carbons (Fsp3) is 0.414. The third-order valence-electron chi connectivity index (χ3n) is 7.87. The molecule has 216 valence electrons. The molecule has 1 atom stereocenters. The molecule has 0 spiro atoms. The Balaban J connectivity index is 1.43. The molecular formula is C29H30F3N5O4. The van der Waals surface area contributed by atoms with Gasteiger partial charge in [-0.15, -0.1) is 13.2 Å². The quantitative estimate of drug-likeness (QED) is 0.316. The molecule has 0 bridgehead atoms. The monoisotopic (exact) mass is 569 g/mol. The zero-order valence-electron chi connectivity index (χ0n) is 22.4. The maximum atomic E-state index is 13.3. The molecule has 6 rings (SSSR count). The molecule has 1 saturated heterocycles. The van der Waals surface area contributed by atoms with Crippen molar-refractivity contribution in [2.75, 3.05) is 13.2 Å². The van der Waals surface area contributed by atoms with Crippen LogP contribution in [0.4, 0.5) is 13.2 Å². The van der Waals surface area contributed by atoms with Crippen molar-refractivity contribution in [3.63, 3.8) is 0 Å². The maximum absolute atomic E-state index is 13.3. The van der Waals surface area contributed by atoms with Crippen molar-refractivity contribution < 1.29 is 32.5 Å². The van der Waals surface area contributed by atoms with Crippen LogP contribution in [-0.4, -0.2) is 56.0 Å². The molecule has 1 saturated carbocycles. The second-order valence-electron chi connectivity index (χ2n) is 10.7. The molecule has 3 heterocycles. The van der Waals surface area contributed by atoms with Crippen molar-refractivity contribution in [3.8, 4) is 28.4 Å². The third-order valence-corrected chi connectivity index (χ3v) is 7.87. The molecule has 2 aromatic heterocycles. The number of rotatable bonds is 8. The second-order valence-corrected chi connectivity index (χ2v) is 10.7. The standard InChI is InChI=1S/C29H30F3N5O4/c1-36-26(17-5-6-17)25(34-28(36)20-8-7-18(27(33)39)13-24(20)41-29(30,31)32)19-3-2-4-22-21(19)14-37(35-22)15-23(38)16-9-11-40-12-10-16/h2-4,7-8,13-14,16-17,23,38H,5-6,9-12,15H2,1H3,(H2,33,39). The van der Waals surface area contributed by atoms with E-state index in [-0.39, 0.29) is 28.8 Å². The normalized spacial score (nSPS) is 17.2. The molecule has 12 heteroatoms. The summed E-state index contributed by atoms with van der Waals surface area (Å²) in [7, 11) is 1.77. The lowest BCUT2D eigenvalue weighted by atomic mass is 9.94. The van der Waals surface area contributed by atoms with E-state index >= 15 is 0 Å². The van der Waals surface area contributed by atoms with E-state index in [9.17, 15) is 23.1 Å². The minimum absolute atomic E-state index is 0.0884. The number of aromatic nitrogens is 4. The summed E-state index contributed by atoms with van der Waals surface area (Å²) >= 11 is 0. The van der Waals surface area contributed by atoms with E-state index in [0.29, 0.717) is 25.5 Å². The molecule has 2 fully saturated rings. The van der Waals surface area contributed by atoms with Gasteiger partial charge < -0.3 is 24.9 Å². The summed E-state index contributed by atoms with van der Waals surface area (Å²) in [6.07, 6.45) is -0.179. The number of halogens is 3. The van der Waals surface area contributed by atoms with Gasteiger partial charge in [-0.25, -0.2) is 4.98 Å². The Labute approximate surface area is 233 Å². The van der Waals surface area contributed by atoms with Crippen LogP contribution in [0.15, 0.2) is 42.6 Å². The fourth-order valence-electron chi connectivity index (χ4n) is 5.68. The van der Waals surface area contributed by atoms with E-state index in [0.717, 1.165) is 53.9 Å². The van der Waals surface area contributed by atoms with E-state index in [1.165, 1.54) is 12.1 Å². The Kier molecular flexibility index (Phi) is 6.98. The van der Waals surface area contributed by atoms with Gasteiger partial charge in [0.2, 0.25) is 5.91 Å². The van der Waals surface area contributed by atoms with Crippen LogP contribution < -0.4 is 10.5 Å². The predicted octanol–water partition coefficient (Wildman–Crippen LogP) is 4.77. The number of fused-ring (bicyclic) bond motifs is 1. The molecular weight excluding hydrogens is 539 g/mol. The number of carbonyl (C=O) groups is 1. The third kappa shape index (κ3) is 5.53. The highest BCUT2D eigenvalue weighted by molar-refractivity contribution is 5.96.